The third kappa shape index (κ3) is 7.24. The summed E-state index contributed by atoms with van der Waals surface area (Å²) in [5.74, 6) is -0.0735. The highest BCUT2D eigenvalue weighted by molar-refractivity contribution is 6.42. The molecule has 7 nitrogen and oxygen atoms in total. The number of aromatic nitrogens is 1. The van der Waals surface area contributed by atoms with Gasteiger partial charge in [0.05, 0.1) is 28.0 Å². The van der Waals surface area contributed by atoms with Gasteiger partial charge in [-0.05, 0) is 61.2 Å². The molecule has 1 aliphatic rings. The van der Waals surface area contributed by atoms with Crippen LogP contribution in [0, 0.1) is 5.92 Å². The summed E-state index contributed by atoms with van der Waals surface area (Å²) in [5.41, 5.74) is 2.39. The van der Waals surface area contributed by atoms with E-state index in [0.29, 0.717) is 34.5 Å². The van der Waals surface area contributed by atoms with E-state index in [9.17, 15) is 9.59 Å². The largest absolute Gasteiger partial charge is 0.449 e. The summed E-state index contributed by atoms with van der Waals surface area (Å²) >= 11 is 11.9. The van der Waals surface area contributed by atoms with Crippen LogP contribution in [0.15, 0.2) is 67.0 Å². The Bertz CT molecular complexity index is 1160. The van der Waals surface area contributed by atoms with Crippen LogP contribution in [-0.4, -0.2) is 36.7 Å². The summed E-state index contributed by atoms with van der Waals surface area (Å²) in [5, 5.41) is 6.16. The van der Waals surface area contributed by atoms with Crippen molar-refractivity contribution in [3.8, 4) is 0 Å². The minimum Gasteiger partial charge on any atom is -0.449 e. The maximum atomic E-state index is 12.6. The van der Waals surface area contributed by atoms with Crippen molar-refractivity contribution in [2.45, 2.75) is 12.8 Å². The fourth-order valence-corrected chi connectivity index (χ4v) is 4.08. The molecule has 2 heterocycles. The van der Waals surface area contributed by atoms with Gasteiger partial charge in [-0.2, -0.15) is 0 Å². The molecule has 2 amide bonds. The van der Waals surface area contributed by atoms with Gasteiger partial charge in [-0.3, -0.25) is 15.1 Å². The second kappa shape index (κ2) is 12.6. The molecule has 0 unspecified atom stereocenters. The van der Waals surface area contributed by atoms with Crippen LogP contribution in [0.5, 0.6) is 0 Å². The van der Waals surface area contributed by atoms with Crippen molar-refractivity contribution in [1.29, 1.82) is 0 Å². The van der Waals surface area contributed by atoms with Gasteiger partial charge in [0.2, 0.25) is 0 Å². The third-order valence-corrected chi connectivity index (χ3v) is 6.43. The number of nitrogens with one attached hydrogen (secondary N) is 2. The van der Waals surface area contributed by atoms with E-state index in [1.54, 1.807) is 48.8 Å². The van der Waals surface area contributed by atoms with Crippen molar-refractivity contribution in [3.05, 3.63) is 82.6 Å². The number of pyridine rings is 1. The van der Waals surface area contributed by atoms with Crippen molar-refractivity contribution < 1.29 is 14.3 Å². The molecular formula is C25H25Cl3N4O3. The topological polar surface area (TPSA) is 83.6 Å². The van der Waals surface area contributed by atoms with E-state index in [1.165, 1.54) is 6.07 Å². The molecule has 1 saturated heterocycles. The van der Waals surface area contributed by atoms with Crippen LogP contribution in [-0.2, 0) is 4.74 Å². The summed E-state index contributed by atoms with van der Waals surface area (Å²) in [6, 6.07) is 15.5. The van der Waals surface area contributed by atoms with Crippen LogP contribution in [0.2, 0.25) is 10.0 Å². The van der Waals surface area contributed by atoms with Gasteiger partial charge in [-0.25, -0.2) is 4.79 Å². The molecule has 1 fully saturated rings. The number of carbonyl (C=O) groups is 2. The molecule has 3 aromatic rings. The molecule has 2 N–H and O–H groups in total. The first kappa shape index (κ1) is 26.6. The van der Waals surface area contributed by atoms with Gasteiger partial charge in [0.1, 0.15) is 0 Å². The lowest BCUT2D eigenvalue weighted by Gasteiger charge is -2.33. The average Bonchev–Trinajstić information content (AvgIpc) is 2.86. The molecular weight excluding hydrogens is 511 g/mol. The van der Waals surface area contributed by atoms with Crippen LogP contribution < -0.4 is 15.5 Å². The number of nitrogens with zero attached hydrogens (tertiary/aromatic N) is 2. The van der Waals surface area contributed by atoms with Gasteiger partial charge < -0.3 is 15.0 Å². The number of carbonyl (C=O) groups excluding carboxylic acids is 2. The van der Waals surface area contributed by atoms with Gasteiger partial charge in [-0.1, -0.05) is 35.3 Å². The molecule has 0 saturated carbocycles. The summed E-state index contributed by atoms with van der Waals surface area (Å²) in [6.07, 6.45) is 4.89. The molecule has 1 aliphatic heterocycles. The van der Waals surface area contributed by atoms with Crippen LogP contribution in [0.25, 0.3) is 0 Å². The van der Waals surface area contributed by atoms with E-state index in [0.717, 1.165) is 31.6 Å². The fraction of sp³-hybridized carbons (Fsp3) is 0.240. The Morgan fingerprint density at radius 2 is 1.60 bits per heavy atom. The summed E-state index contributed by atoms with van der Waals surface area (Å²) in [6.45, 7) is 2.15. The fourth-order valence-electron chi connectivity index (χ4n) is 3.79. The van der Waals surface area contributed by atoms with Crippen LogP contribution in [0.4, 0.5) is 21.9 Å². The number of para-hydroxylation sites is 2. The summed E-state index contributed by atoms with van der Waals surface area (Å²) in [4.78, 5) is 31.4. The molecule has 1 aromatic heterocycles. The molecule has 35 heavy (non-hydrogen) atoms. The number of benzene rings is 2. The zero-order valence-electron chi connectivity index (χ0n) is 18.7. The van der Waals surface area contributed by atoms with Crippen molar-refractivity contribution in [1.82, 2.24) is 4.98 Å². The van der Waals surface area contributed by atoms with E-state index < -0.39 is 6.09 Å². The zero-order chi connectivity index (χ0) is 23.9. The van der Waals surface area contributed by atoms with Gasteiger partial charge in [0.25, 0.3) is 5.91 Å². The number of hydrogen-bond acceptors (Lipinski definition) is 5. The van der Waals surface area contributed by atoms with Crippen LogP contribution >= 0.6 is 35.6 Å². The second-order valence-corrected chi connectivity index (χ2v) is 8.80. The number of halogens is 3. The highest BCUT2D eigenvalue weighted by Gasteiger charge is 2.21. The van der Waals surface area contributed by atoms with Gasteiger partial charge in [0.15, 0.2) is 0 Å². The number of hydrogen-bond donors (Lipinski definition) is 2. The number of anilines is 3. The first-order valence-corrected chi connectivity index (χ1v) is 11.7. The number of rotatable bonds is 6. The maximum absolute atomic E-state index is 12.6. The van der Waals surface area contributed by atoms with Crippen LogP contribution in [0.1, 0.15) is 23.2 Å². The Labute approximate surface area is 220 Å². The lowest BCUT2D eigenvalue weighted by Crippen LogP contribution is -2.35. The van der Waals surface area contributed by atoms with E-state index in [2.05, 4.69) is 20.5 Å². The van der Waals surface area contributed by atoms with Gasteiger partial charge >= 0.3 is 6.09 Å². The lowest BCUT2D eigenvalue weighted by molar-refractivity contribution is 0.102. The number of amides is 2. The van der Waals surface area contributed by atoms with E-state index >= 15 is 0 Å². The highest BCUT2D eigenvalue weighted by Crippen LogP contribution is 2.26. The Balaban J connectivity index is 0.00000342. The third-order valence-electron chi connectivity index (χ3n) is 5.69. The zero-order valence-corrected chi connectivity index (χ0v) is 21.1. The highest BCUT2D eigenvalue weighted by atomic mass is 35.5. The maximum Gasteiger partial charge on any atom is 0.411 e. The minimum absolute atomic E-state index is 0. The van der Waals surface area contributed by atoms with Crippen molar-refractivity contribution in [2.24, 2.45) is 5.92 Å². The second-order valence-electron chi connectivity index (χ2n) is 7.99. The minimum atomic E-state index is -0.562. The molecule has 4 rings (SSSR count). The first-order valence-electron chi connectivity index (χ1n) is 10.9. The molecule has 0 bridgehead atoms. The monoisotopic (exact) mass is 534 g/mol. The van der Waals surface area contributed by atoms with Crippen molar-refractivity contribution >= 4 is 64.7 Å². The predicted octanol–water partition coefficient (Wildman–Crippen LogP) is 6.53. The molecule has 0 aliphatic carbocycles. The molecule has 2 aromatic carbocycles. The standard InChI is InChI=1S/C25H24Cl2N4O3.ClH/c26-20-6-5-18(15-21(20)27)24(32)29-22-3-1-2-4-23(22)30-25(33)34-16-17-9-13-31(14-10-17)19-7-11-28-12-8-19;/h1-8,11-12,15,17H,9-10,13-14,16H2,(H,29,32)(H,30,33);1H. The average molecular weight is 536 g/mol. The molecule has 0 atom stereocenters. The SMILES string of the molecule is Cl.O=C(Nc1ccccc1NC(=O)c1ccc(Cl)c(Cl)c1)OCC1CCN(c2ccncc2)CC1. The van der Waals surface area contributed by atoms with Gasteiger partial charge in [-0.15, -0.1) is 12.4 Å². The molecule has 184 valence electrons. The van der Waals surface area contributed by atoms with E-state index in [-0.39, 0.29) is 23.3 Å². The lowest BCUT2D eigenvalue weighted by atomic mass is 9.97. The summed E-state index contributed by atoms with van der Waals surface area (Å²) < 4.78 is 5.48. The molecule has 10 heteroatoms. The predicted molar refractivity (Wildman–Crippen MR) is 142 cm³/mol. The summed E-state index contributed by atoms with van der Waals surface area (Å²) in [7, 11) is 0. The van der Waals surface area contributed by atoms with Crippen molar-refractivity contribution in [2.75, 3.05) is 35.2 Å². The van der Waals surface area contributed by atoms with Gasteiger partial charge in [0, 0.05) is 36.7 Å². The molecule has 0 radical (unpaired) electrons. The molecule has 0 spiro atoms. The first-order chi connectivity index (χ1) is 16.5. The Hall–Kier alpha value is -3.00. The smallest absolute Gasteiger partial charge is 0.411 e. The van der Waals surface area contributed by atoms with Crippen molar-refractivity contribution in [3.63, 3.8) is 0 Å². The number of ether oxygens (including phenoxy) is 1. The normalized spacial score (nSPS) is 13.5. The Kier molecular flexibility index (Phi) is 9.60. The Morgan fingerprint density at radius 1 is 0.943 bits per heavy atom. The van der Waals surface area contributed by atoms with E-state index in [1.807, 2.05) is 12.1 Å². The van der Waals surface area contributed by atoms with Crippen LogP contribution in [0.3, 0.4) is 0 Å². The number of piperidine rings is 1. The quantitative estimate of drug-likeness (QED) is 0.375. The van der Waals surface area contributed by atoms with E-state index in [4.69, 9.17) is 27.9 Å². The Morgan fingerprint density at radius 3 is 2.26 bits per heavy atom.